The van der Waals surface area contributed by atoms with Gasteiger partial charge in [0.05, 0.1) is 12.3 Å². The van der Waals surface area contributed by atoms with Gasteiger partial charge >= 0.3 is 5.97 Å². The van der Waals surface area contributed by atoms with E-state index in [0.717, 1.165) is 0 Å². The fourth-order valence-electron chi connectivity index (χ4n) is 1.62. The van der Waals surface area contributed by atoms with Crippen molar-refractivity contribution in [2.24, 2.45) is 0 Å². The SMILES string of the molecule is Cc1c([C@@H](C)O)cnc2c(C(=O)O)cnn12. The van der Waals surface area contributed by atoms with Gasteiger partial charge in [-0.2, -0.15) is 5.10 Å². The van der Waals surface area contributed by atoms with Crippen molar-refractivity contribution < 1.29 is 15.0 Å². The van der Waals surface area contributed by atoms with E-state index in [1.165, 1.54) is 16.9 Å². The highest BCUT2D eigenvalue weighted by atomic mass is 16.4. The highest BCUT2D eigenvalue weighted by molar-refractivity contribution is 5.94. The Morgan fingerprint density at radius 3 is 2.75 bits per heavy atom. The van der Waals surface area contributed by atoms with Crippen molar-refractivity contribution in [2.45, 2.75) is 20.0 Å². The van der Waals surface area contributed by atoms with Crippen LogP contribution in [0.1, 0.15) is 34.6 Å². The smallest absolute Gasteiger partial charge is 0.341 e. The predicted molar refractivity (Wildman–Crippen MR) is 55.3 cm³/mol. The van der Waals surface area contributed by atoms with E-state index >= 15 is 0 Å². The summed E-state index contributed by atoms with van der Waals surface area (Å²) in [6, 6.07) is 0. The highest BCUT2D eigenvalue weighted by Gasteiger charge is 2.16. The minimum atomic E-state index is -1.06. The molecule has 0 unspecified atom stereocenters. The third kappa shape index (κ3) is 1.43. The van der Waals surface area contributed by atoms with Crippen molar-refractivity contribution >= 4 is 11.6 Å². The lowest BCUT2D eigenvalue weighted by molar-refractivity contribution is 0.0699. The summed E-state index contributed by atoms with van der Waals surface area (Å²) < 4.78 is 1.42. The van der Waals surface area contributed by atoms with E-state index in [1.54, 1.807) is 13.8 Å². The second kappa shape index (κ2) is 3.57. The molecule has 0 spiro atoms. The predicted octanol–water partition coefficient (Wildman–Crippen LogP) is 0.789. The number of carboxylic acids is 1. The number of carbonyl (C=O) groups is 1. The molecule has 0 saturated heterocycles. The Hall–Kier alpha value is -1.95. The van der Waals surface area contributed by atoms with Gasteiger partial charge in [-0.3, -0.25) is 0 Å². The van der Waals surface area contributed by atoms with Crippen LogP contribution in [0.4, 0.5) is 0 Å². The minimum Gasteiger partial charge on any atom is -0.477 e. The Kier molecular flexibility index (Phi) is 2.35. The molecule has 16 heavy (non-hydrogen) atoms. The Balaban J connectivity index is 2.73. The average molecular weight is 221 g/mol. The molecule has 0 amide bonds. The van der Waals surface area contributed by atoms with Crippen molar-refractivity contribution in [3.63, 3.8) is 0 Å². The molecule has 2 heterocycles. The van der Waals surface area contributed by atoms with E-state index in [9.17, 15) is 9.90 Å². The van der Waals surface area contributed by atoms with Crippen LogP contribution in [0.3, 0.4) is 0 Å². The van der Waals surface area contributed by atoms with Gasteiger partial charge in [0.15, 0.2) is 5.65 Å². The number of aryl methyl sites for hydroxylation is 1. The second-order valence-corrected chi connectivity index (χ2v) is 3.57. The van der Waals surface area contributed by atoms with Crippen LogP contribution in [-0.2, 0) is 0 Å². The van der Waals surface area contributed by atoms with Crippen molar-refractivity contribution in [2.75, 3.05) is 0 Å². The van der Waals surface area contributed by atoms with Crippen LogP contribution in [0, 0.1) is 6.92 Å². The molecule has 2 N–H and O–H groups in total. The van der Waals surface area contributed by atoms with Crippen molar-refractivity contribution in [1.82, 2.24) is 14.6 Å². The van der Waals surface area contributed by atoms with Gasteiger partial charge in [0.1, 0.15) is 5.56 Å². The minimum absolute atomic E-state index is 0.0558. The molecule has 0 saturated carbocycles. The summed E-state index contributed by atoms with van der Waals surface area (Å²) in [6.45, 7) is 3.38. The average Bonchev–Trinajstić information content (AvgIpc) is 2.61. The number of aromatic nitrogens is 3. The monoisotopic (exact) mass is 221 g/mol. The van der Waals surface area contributed by atoms with Crippen LogP contribution < -0.4 is 0 Å². The molecular weight excluding hydrogens is 210 g/mol. The summed E-state index contributed by atoms with van der Waals surface area (Å²) in [5.74, 6) is -1.06. The standard InChI is InChI=1S/C10H11N3O3/c1-5-7(6(2)14)3-11-9-8(10(15)16)4-12-13(5)9/h3-4,6,14H,1-2H3,(H,15,16)/t6-/m1/s1. The molecule has 0 aliphatic heterocycles. The first-order chi connectivity index (χ1) is 7.52. The molecule has 2 aromatic heterocycles. The van der Waals surface area contributed by atoms with Crippen molar-refractivity contribution in [3.8, 4) is 0 Å². The van der Waals surface area contributed by atoms with E-state index < -0.39 is 12.1 Å². The number of aliphatic hydroxyl groups excluding tert-OH is 1. The van der Waals surface area contributed by atoms with E-state index in [1.807, 2.05) is 0 Å². The number of fused-ring (bicyclic) bond motifs is 1. The van der Waals surface area contributed by atoms with Gasteiger partial charge < -0.3 is 10.2 Å². The third-order valence-electron chi connectivity index (χ3n) is 2.49. The number of rotatable bonds is 2. The second-order valence-electron chi connectivity index (χ2n) is 3.57. The number of carboxylic acid groups (broad SMARTS) is 1. The molecule has 0 aliphatic rings. The molecule has 0 fully saturated rings. The largest absolute Gasteiger partial charge is 0.477 e. The number of nitrogens with zero attached hydrogens (tertiary/aromatic N) is 3. The maximum absolute atomic E-state index is 10.9. The summed E-state index contributed by atoms with van der Waals surface area (Å²) in [6.07, 6.45) is 2.07. The Morgan fingerprint density at radius 2 is 2.19 bits per heavy atom. The Morgan fingerprint density at radius 1 is 1.50 bits per heavy atom. The molecule has 0 aromatic carbocycles. The van der Waals surface area contributed by atoms with Gasteiger partial charge in [-0.1, -0.05) is 0 Å². The fraction of sp³-hybridized carbons (Fsp3) is 0.300. The summed E-state index contributed by atoms with van der Waals surface area (Å²) in [7, 11) is 0. The number of hydrogen-bond acceptors (Lipinski definition) is 4. The number of aliphatic hydroxyl groups is 1. The van der Waals surface area contributed by atoms with Crippen LogP contribution in [0.15, 0.2) is 12.4 Å². The third-order valence-corrected chi connectivity index (χ3v) is 2.49. The number of hydrogen-bond donors (Lipinski definition) is 2. The zero-order valence-corrected chi connectivity index (χ0v) is 8.88. The van der Waals surface area contributed by atoms with Gasteiger partial charge in [-0.15, -0.1) is 0 Å². The lowest BCUT2D eigenvalue weighted by atomic mass is 10.1. The van der Waals surface area contributed by atoms with Crippen LogP contribution in [0.2, 0.25) is 0 Å². The molecule has 0 bridgehead atoms. The first-order valence-corrected chi connectivity index (χ1v) is 4.77. The van der Waals surface area contributed by atoms with Gasteiger partial charge in [0, 0.05) is 17.5 Å². The summed E-state index contributed by atoms with van der Waals surface area (Å²) in [5.41, 5.74) is 1.66. The maximum Gasteiger partial charge on any atom is 0.341 e. The van der Waals surface area contributed by atoms with E-state index in [-0.39, 0.29) is 11.2 Å². The Bertz CT molecular complexity index is 560. The van der Waals surface area contributed by atoms with E-state index in [4.69, 9.17) is 5.11 Å². The van der Waals surface area contributed by atoms with Crippen LogP contribution in [0.25, 0.3) is 5.65 Å². The first-order valence-electron chi connectivity index (χ1n) is 4.77. The quantitative estimate of drug-likeness (QED) is 0.782. The summed E-state index contributed by atoms with van der Waals surface area (Å²) >= 11 is 0. The number of aromatic carboxylic acids is 1. The van der Waals surface area contributed by atoms with E-state index in [2.05, 4.69) is 10.1 Å². The summed E-state index contributed by atoms with van der Waals surface area (Å²) in [5, 5.41) is 22.3. The summed E-state index contributed by atoms with van der Waals surface area (Å²) in [4.78, 5) is 14.9. The van der Waals surface area contributed by atoms with Gasteiger partial charge in [-0.25, -0.2) is 14.3 Å². The molecule has 6 heteroatoms. The van der Waals surface area contributed by atoms with Crippen LogP contribution in [-0.4, -0.2) is 30.8 Å². The normalized spacial score (nSPS) is 12.9. The molecule has 1 atom stereocenters. The molecular formula is C10H11N3O3. The molecule has 6 nitrogen and oxygen atoms in total. The molecule has 0 aliphatic carbocycles. The van der Waals surface area contributed by atoms with Gasteiger partial charge in [0.25, 0.3) is 0 Å². The van der Waals surface area contributed by atoms with Crippen LogP contribution in [0.5, 0.6) is 0 Å². The zero-order valence-electron chi connectivity index (χ0n) is 8.88. The highest BCUT2D eigenvalue weighted by Crippen LogP contribution is 2.18. The van der Waals surface area contributed by atoms with Crippen LogP contribution >= 0.6 is 0 Å². The molecule has 2 rings (SSSR count). The lowest BCUT2D eigenvalue weighted by Gasteiger charge is -2.09. The Labute approximate surface area is 91.2 Å². The van der Waals surface area contributed by atoms with Crippen molar-refractivity contribution in [1.29, 1.82) is 0 Å². The lowest BCUT2D eigenvalue weighted by Crippen LogP contribution is -2.05. The maximum atomic E-state index is 10.9. The van der Waals surface area contributed by atoms with E-state index in [0.29, 0.717) is 11.3 Å². The van der Waals surface area contributed by atoms with Gasteiger partial charge in [-0.05, 0) is 13.8 Å². The topological polar surface area (TPSA) is 87.7 Å². The fourth-order valence-corrected chi connectivity index (χ4v) is 1.62. The van der Waals surface area contributed by atoms with Gasteiger partial charge in [0.2, 0.25) is 0 Å². The molecule has 84 valence electrons. The first kappa shape index (κ1) is 10.6. The van der Waals surface area contributed by atoms with Crippen molar-refractivity contribution in [3.05, 3.63) is 29.2 Å². The molecule has 2 aromatic rings. The molecule has 0 radical (unpaired) electrons. The zero-order chi connectivity index (χ0) is 11.9.